The van der Waals surface area contributed by atoms with E-state index in [4.69, 9.17) is 6.42 Å². The number of rotatable bonds is 6. The van der Waals surface area contributed by atoms with Crippen molar-refractivity contribution < 1.29 is 0 Å². The Balaban J connectivity index is 2.10. The van der Waals surface area contributed by atoms with Crippen molar-refractivity contribution >= 4 is 0 Å². The van der Waals surface area contributed by atoms with Crippen molar-refractivity contribution in [3.63, 3.8) is 0 Å². The zero-order chi connectivity index (χ0) is 10.9. The maximum atomic E-state index is 5.24. The second kappa shape index (κ2) is 7.73. The smallest absolute Gasteiger partial charge is 0.0195 e. The number of terminal acetylenes is 1. The number of unbranched alkanes of at least 4 members (excludes halogenated alkanes) is 2. The Morgan fingerprint density at radius 1 is 1.47 bits per heavy atom. The van der Waals surface area contributed by atoms with Gasteiger partial charge in [0.2, 0.25) is 0 Å². The van der Waals surface area contributed by atoms with Gasteiger partial charge in [0.25, 0.3) is 0 Å². The van der Waals surface area contributed by atoms with Gasteiger partial charge in [-0.15, -0.1) is 12.3 Å². The Morgan fingerprint density at radius 2 is 2.33 bits per heavy atom. The third kappa shape index (κ3) is 5.20. The SMILES string of the molecule is C#CCCCCN1CCNC(CCC)C1. The maximum absolute atomic E-state index is 5.24. The molecule has 0 amide bonds. The molecule has 1 heterocycles. The summed E-state index contributed by atoms with van der Waals surface area (Å²) in [4.78, 5) is 2.58. The van der Waals surface area contributed by atoms with Crippen molar-refractivity contribution in [3.8, 4) is 12.3 Å². The van der Waals surface area contributed by atoms with Gasteiger partial charge in [-0.1, -0.05) is 13.3 Å². The van der Waals surface area contributed by atoms with Crippen LogP contribution in [0.25, 0.3) is 0 Å². The van der Waals surface area contributed by atoms with Crippen molar-refractivity contribution in [3.05, 3.63) is 0 Å². The lowest BCUT2D eigenvalue weighted by Gasteiger charge is -2.33. The fourth-order valence-corrected chi connectivity index (χ4v) is 2.20. The fraction of sp³-hybridized carbons (Fsp3) is 0.846. The molecule has 1 rings (SSSR count). The molecule has 0 saturated carbocycles. The van der Waals surface area contributed by atoms with Gasteiger partial charge in [0.05, 0.1) is 0 Å². The summed E-state index contributed by atoms with van der Waals surface area (Å²) in [6.45, 7) is 7.07. The van der Waals surface area contributed by atoms with Gasteiger partial charge in [-0.25, -0.2) is 0 Å². The standard InChI is InChI=1S/C13H24N2/c1-3-5-6-7-10-15-11-9-14-13(12-15)8-4-2/h1,13-14H,4-12H2,2H3. The highest BCUT2D eigenvalue weighted by Gasteiger charge is 2.17. The van der Waals surface area contributed by atoms with E-state index in [9.17, 15) is 0 Å². The quantitative estimate of drug-likeness (QED) is 0.529. The predicted molar refractivity (Wildman–Crippen MR) is 65.8 cm³/mol. The van der Waals surface area contributed by atoms with Crippen molar-refractivity contribution in [2.24, 2.45) is 0 Å². The molecule has 0 bridgehead atoms. The van der Waals surface area contributed by atoms with Gasteiger partial charge in [-0.05, 0) is 25.8 Å². The van der Waals surface area contributed by atoms with Crippen LogP contribution in [-0.4, -0.2) is 37.1 Å². The summed E-state index contributed by atoms with van der Waals surface area (Å²) < 4.78 is 0. The second-order valence-electron chi connectivity index (χ2n) is 4.40. The van der Waals surface area contributed by atoms with Crippen LogP contribution < -0.4 is 5.32 Å². The van der Waals surface area contributed by atoms with Gasteiger partial charge in [0.1, 0.15) is 0 Å². The lowest BCUT2D eigenvalue weighted by Crippen LogP contribution is -2.50. The molecular weight excluding hydrogens is 184 g/mol. The van der Waals surface area contributed by atoms with Crippen LogP contribution in [0.3, 0.4) is 0 Å². The van der Waals surface area contributed by atoms with E-state index < -0.39 is 0 Å². The fourth-order valence-electron chi connectivity index (χ4n) is 2.20. The summed E-state index contributed by atoms with van der Waals surface area (Å²) >= 11 is 0. The Hall–Kier alpha value is -0.520. The number of hydrogen-bond donors (Lipinski definition) is 1. The topological polar surface area (TPSA) is 15.3 Å². The highest BCUT2D eigenvalue weighted by Crippen LogP contribution is 2.06. The van der Waals surface area contributed by atoms with Crippen molar-refractivity contribution in [1.82, 2.24) is 10.2 Å². The van der Waals surface area contributed by atoms with Gasteiger partial charge in [0.15, 0.2) is 0 Å². The summed E-state index contributed by atoms with van der Waals surface area (Å²) in [6, 6.07) is 0.719. The molecule has 1 aliphatic rings. The number of hydrogen-bond acceptors (Lipinski definition) is 2. The zero-order valence-electron chi connectivity index (χ0n) is 9.97. The normalized spacial score (nSPS) is 22.5. The molecule has 2 nitrogen and oxygen atoms in total. The van der Waals surface area contributed by atoms with Gasteiger partial charge in [-0.3, -0.25) is 0 Å². The molecule has 86 valence electrons. The average Bonchev–Trinajstić information content (AvgIpc) is 2.26. The minimum Gasteiger partial charge on any atom is -0.311 e. The summed E-state index contributed by atoms with van der Waals surface area (Å²) in [5, 5.41) is 3.58. The monoisotopic (exact) mass is 208 g/mol. The third-order valence-corrected chi connectivity index (χ3v) is 3.02. The van der Waals surface area contributed by atoms with E-state index in [2.05, 4.69) is 23.1 Å². The van der Waals surface area contributed by atoms with E-state index in [1.807, 2.05) is 0 Å². The largest absolute Gasteiger partial charge is 0.311 e. The van der Waals surface area contributed by atoms with Crippen LogP contribution >= 0.6 is 0 Å². The van der Waals surface area contributed by atoms with Crippen molar-refractivity contribution in [2.75, 3.05) is 26.2 Å². The van der Waals surface area contributed by atoms with Crippen LogP contribution in [0.15, 0.2) is 0 Å². The van der Waals surface area contributed by atoms with E-state index in [-0.39, 0.29) is 0 Å². The van der Waals surface area contributed by atoms with Crippen LogP contribution in [0, 0.1) is 12.3 Å². The first kappa shape index (κ1) is 12.5. The van der Waals surface area contributed by atoms with Crippen LogP contribution in [0.1, 0.15) is 39.0 Å². The van der Waals surface area contributed by atoms with E-state index >= 15 is 0 Å². The third-order valence-electron chi connectivity index (χ3n) is 3.02. The van der Waals surface area contributed by atoms with E-state index in [1.54, 1.807) is 0 Å². The molecular formula is C13H24N2. The summed E-state index contributed by atoms with van der Waals surface area (Å²) in [5.41, 5.74) is 0. The Kier molecular flexibility index (Phi) is 6.47. The van der Waals surface area contributed by atoms with Crippen LogP contribution in [-0.2, 0) is 0 Å². The Labute approximate surface area is 94.4 Å². The average molecular weight is 208 g/mol. The Morgan fingerprint density at radius 3 is 3.07 bits per heavy atom. The lowest BCUT2D eigenvalue weighted by atomic mass is 10.1. The molecule has 1 saturated heterocycles. The minimum absolute atomic E-state index is 0.719. The molecule has 0 aliphatic carbocycles. The van der Waals surface area contributed by atoms with E-state index in [0.717, 1.165) is 19.0 Å². The molecule has 2 heteroatoms. The summed E-state index contributed by atoms with van der Waals surface area (Å²) in [6.07, 6.45) is 11.2. The van der Waals surface area contributed by atoms with Crippen LogP contribution in [0.2, 0.25) is 0 Å². The van der Waals surface area contributed by atoms with Crippen molar-refractivity contribution in [1.29, 1.82) is 0 Å². The molecule has 0 aromatic heterocycles. The van der Waals surface area contributed by atoms with Crippen molar-refractivity contribution in [2.45, 2.75) is 45.1 Å². The molecule has 1 aliphatic heterocycles. The molecule has 1 N–H and O–H groups in total. The van der Waals surface area contributed by atoms with Gasteiger partial charge < -0.3 is 10.2 Å². The minimum atomic E-state index is 0.719. The Bertz CT molecular complexity index is 193. The molecule has 0 spiro atoms. The van der Waals surface area contributed by atoms with E-state index in [1.165, 1.54) is 45.3 Å². The van der Waals surface area contributed by atoms with Crippen LogP contribution in [0.4, 0.5) is 0 Å². The highest BCUT2D eigenvalue weighted by atomic mass is 15.2. The second-order valence-corrected chi connectivity index (χ2v) is 4.40. The highest BCUT2D eigenvalue weighted by molar-refractivity contribution is 4.83. The molecule has 1 unspecified atom stereocenters. The van der Waals surface area contributed by atoms with Crippen LogP contribution in [0.5, 0.6) is 0 Å². The number of piperazine rings is 1. The zero-order valence-corrected chi connectivity index (χ0v) is 9.97. The lowest BCUT2D eigenvalue weighted by molar-refractivity contribution is 0.191. The summed E-state index contributed by atoms with van der Waals surface area (Å²) in [7, 11) is 0. The van der Waals surface area contributed by atoms with Gasteiger partial charge >= 0.3 is 0 Å². The number of nitrogens with one attached hydrogen (secondary N) is 1. The number of nitrogens with zero attached hydrogens (tertiary/aromatic N) is 1. The van der Waals surface area contributed by atoms with Gasteiger partial charge in [0, 0.05) is 32.1 Å². The first-order valence-corrected chi connectivity index (χ1v) is 6.26. The predicted octanol–water partition coefficient (Wildman–Crippen LogP) is 1.86. The molecule has 0 aromatic rings. The molecule has 15 heavy (non-hydrogen) atoms. The molecule has 1 fully saturated rings. The molecule has 0 aromatic carbocycles. The first-order valence-electron chi connectivity index (χ1n) is 6.26. The summed E-state index contributed by atoms with van der Waals surface area (Å²) in [5.74, 6) is 2.70. The first-order chi connectivity index (χ1) is 7.36. The van der Waals surface area contributed by atoms with E-state index in [0.29, 0.717) is 0 Å². The molecule has 0 radical (unpaired) electrons. The maximum Gasteiger partial charge on any atom is 0.0195 e. The molecule has 1 atom stereocenters. The van der Waals surface area contributed by atoms with Gasteiger partial charge in [-0.2, -0.15) is 0 Å².